The molecule has 1 fully saturated rings. The van der Waals surface area contributed by atoms with E-state index in [1.165, 1.54) is 13.2 Å². The zero-order chi connectivity index (χ0) is 16.6. The number of rotatable bonds is 4. The van der Waals surface area contributed by atoms with Crippen molar-refractivity contribution < 1.29 is 14.8 Å². The zero-order valence-electron chi connectivity index (χ0n) is 13.2. The van der Waals surface area contributed by atoms with Gasteiger partial charge in [0.1, 0.15) is 0 Å². The summed E-state index contributed by atoms with van der Waals surface area (Å²) in [6.45, 7) is 4.94. The third-order valence-corrected chi connectivity index (χ3v) is 4.62. The van der Waals surface area contributed by atoms with Crippen molar-refractivity contribution in [2.75, 3.05) is 26.7 Å². The number of nitro benzene ring substituents is 1. The minimum absolute atomic E-state index is 0.104. The van der Waals surface area contributed by atoms with Crippen LogP contribution in [0, 0.1) is 16.0 Å². The SMILES string of the molecule is CCN1CCC2=NNC(c3cc(OC)c(O)c([N+](=O)[O-])c3)C2C1. The third-order valence-electron chi connectivity index (χ3n) is 4.62. The highest BCUT2D eigenvalue weighted by Gasteiger charge is 2.38. The highest BCUT2D eigenvalue weighted by atomic mass is 16.6. The van der Waals surface area contributed by atoms with Crippen molar-refractivity contribution in [3.63, 3.8) is 0 Å². The van der Waals surface area contributed by atoms with E-state index in [0.29, 0.717) is 5.56 Å². The minimum Gasteiger partial charge on any atom is -0.500 e. The van der Waals surface area contributed by atoms with Gasteiger partial charge in [0.25, 0.3) is 0 Å². The van der Waals surface area contributed by atoms with Crippen LogP contribution in [0.5, 0.6) is 11.5 Å². The van der Waals surface area contributed by atoms with Crippen LogP contribution in [0.15, 0.2) is 17.2 Å². The van der Waals surface area contributed by atoms with E-state index in [0.717, 1.165) is 31.8 Å². The van der Waals surface area contributed by atoms with Gasteiger partial charge in [0.2, 0.25) is 5.75 Å². The summed E-state index contributed by atoms with van der Waals surface area (Å²) in [7, 11) is 1.38. The first-order valence-corrected chi connectivity index (χ1v) is 7.64. The lowest BCUT2D eigenvalue weighted by Crippen LogP contribution is -2.41. The van der Waals surface area contributed by atoms with Gasteiger partial charge in [-0.2, -0.15) is 5.10 Å². The Morgan fingerprint density at radius 2 is 2.35 bits per heavy atom. The highest BCUT2D eigenvalue weighted by molar-refractivity contribution is 5.90. The fourth-order valence-electron chi connectivity index (χ4n) is 3.29. The van der Waals surface area contributed by atoms with Crippen LogP contribution in [0.4, 0.5) is 5.69 Å². The quantitative estimate of drug-likeness (QED) is 0.646. The molecule has 2 atom stereocenters. The van der Waals surface area contributed by atoms with E-state index in [1.807, 2.05) is 0 Å². The average Bonchev–Trinajstić information content (AvgIpc) is 2.97. The van der Waals surface area contributed by atoms with E-state index in [2.05, 4.69) is 22.4 Å². The summed E-state index contributed by atoms with van der Waals surface area (Å²) in [4.78, 5) is 12.9. The van der Waals surface area contributed by atoms with Crippen molar-refractivity contribution in [2.24, 2.45) is 11.0 Å². The van der Waals surface area contributed by atoms with Crippen LogP contribution in [0.1, 0.15) is 24.9 Å². The Labute approximate surface area is 133 Å². The Morgan fingerprint density at radius 3 is 3.00 bits per heavy atom. The van der Waals surface area contributed by atoms with Crippen LogP contribution >= 0.6 is 0 Å². The smallest absolute Gasteiger partial charge is 0.315 e. The van der Waals surface area contributed by atoms with E-state index in [-0.39, 0.29) is 23.4 Å². The van der Waals surface area contributed by atoms with Crippen molar-refractivity contribution in [3.05, 3.63) is 27.8 Å². The Bertz CT molecular complexity index is 661. The minimum atomic E-state index is -0.600. The number of hydrogen-bond donors (Lipinski definition) is 2. The molecule has 0 bridgehead atoms. The number of hydrazone groups is 1. The van der Waals surface area contributed by atoms with Gasteiger partial charge < -0.3 is 20.2 Å². The summed E-state index contributed by atoms with van der Waals surface area (Å²) in [5.74, 6) is -0.163. The molecule has 23 heavy (non-hydrogen) atoms. The molecule has 0 saturated carbocycles. The van der Waals surface area contributed by atoms with Crippen LogP contribution in [0.3, 0.4) is 0 Å². The number of hydrogen-bond acceptors (Lipinski definition) is 7. The van der Waals surface area contributed by atoms with Gasteiger partial charge in [-0.25, -0.2) is 0 Å². The maximum Gasteiger partial charge on any atom is 0.315 e. The second-order valence-corrected chi connectivity index (χ2v) is 5.81. The van der Waals surface area contributed by atoms with E-state index in [9.17, 15) is 15.2 Å². The maximum atomic E-state index is 11.2. The van der Waals surface area contributed by atoms with E-state index < -0.39 is 10.7 Å². The maximum absolute atomic E-state index is 11.2. The first kappa shape index (κ1) is 15.5. The second-order valence-electron chi connectivity index (χ2n) is 5.81. The van der Waals surface area contributed by atoms with Gasteiger partial charge in [0.15, 0.2) is 5.75 Å². The molecule has 2 N–H and O–H groups in total. The highest BCUT2D eigenvalue weighted by Crippen LogP contribution is 2.41. The van der Waals surface area contributed by atoms with Crippen LogP contribution < -0.4 is 10.2 Å². The topological polar surface area (TPSA) is 100 Å². The number of piperidine rings is 1. The fraction of sp³-hybridized carbons (Fsp3) is 0.533. The average molecular weight is 320 g/mol. The Balaban J connectivity index is 1.95. The van der Waals surface area contributed by atoms with E-state index in [4.69, 9.17) is 4.74 Å². The molecule has 8 heteroatoms. The standard InChI is InChI=1S/C15H20N4O4/c1-3-18-5-4-11-10(8-18)14(17-16-11)9-6-12(19(21)22)15(20)13(7-9)23-2/h6-7,10,14,17,20H,3-5,8H2,1-2H3. The lowest BCUT2D eigenvalue weighted by Gasteiger charge is -2.32. The van der Waals surface area contributed by atoms with Crippen molar-refractivity contribution in [1.29, 1.82) is 0 Å². The summed E-state index contributed by atoms with van der Waals surface area (Å²) in [5, 5.41) is 25.5. The number of aromatic hydroxyl groups is 1. The zero-order valence-corrected chi connectivity index (χ0v) is 13.2. The number of fused-ring (bicyclic) bond motifs is 1. The predicted molar refractivity (Wildman–Crippen MR) is 84.8 cm³/mol. The molecule has 2 unspecified atom stereocenters. The summed E-state index contributed by atoms with van der Waals surface area (Å²) < 4.78 is 5.08. The summed E-state index contributed by atoms with van der Waals surface area (Å²) in [6, 6.07) is 2.90. The molecular formula is C15H20N4O4. The van der Waals surface area contributed by atoms with E-state index >= 15 is 0 Å². The van der Waals surface area contributed by atoms with Gasteiger partial charge in [-0.15, -0.1) is 0 Å². The number of nitro groups is 1. The molecule has 124 valence electrons. The van der Waals surface area contributed by atoms with E-state index in [1.54, 1.807) is 6.07 Å². The number of nitrogens with one attached hydrogen (secondary N) is 1. The van der Waals surface area contributed by atoms with Gasteiger partial charge in [-0.1, -0.05) is 6.92 Å². The number of phenolic OH excluding ortho intramolecular Hbond substituents is 1. The molecule has 3 rings (SSSR count). The summed E-state index contributed by atoms with van der Waals surface area (Å²) in [5.41, 5.74) is 4.56. The molecule has 2 heterocycles. The number of likely N-dealkylation sites (tertiary alicyclic amines) is 1. The Morgan fingerprint density at radius 1 is 1.57 bits per heavy atom. The molecule has 0 radical (unpaired) electrons. The molecule has 0 aliphatic carbocycles. The van der Waals surface area contributed by atoms with Gasteiger partial charge in [0.05, 0.1) is 18.1 Å². The molecule has 0 aromatic heterocycles. The lowest BCUT2D eigenvalue weighted by atomic mass is 9.86. The Kier molecular flexibility index (Phi) is 4.08. The van der Waals surface area contributed by atoms with Crippen molar-refractivity contribution in [3.8, 4) is 11.5 Å². The molecule has 1 aromatic rings. The number of ether oxygens (including phenoxy) is 1. The molecular weight excluding hydrogens is 300 g/mol. The molecule has 8 nitrogen and oxygen atoms in total. The van der Waals surface area contributed by atoms with Crippen molar-refractivity contribution in [2.45, 2.75) is 19.4 Å². The molecule has 2 aliphatic heterocycles. The van der Waals surface area contributed by atoms with Gasteiger partial charge in [-0.05, 0) is 18.2 Å². The second kappa shape index (κ2) is 6.04. The van der Waals surface area contributed by atoms with Crippen LogP contribution in [-0.4, -0.2) is 47.4 Å². The molecule has 0 amide bonds. The number of methoxy groups -OCH3 is 1. The molecule has 1 saturated heterocycles. The normalized spacial score (nSPS) is 23.8. The molecule has 0 spiro atoms. The van der Waals surface area contributed by atoms with Crippen LogP contribution in [0.2, 0.25) is 0 Å². The number of phenols is 1. The molecule has 1 aromatic carbocycles. The predicted octanol–water partition coefficient (Wildman–Crippen LogP) is 1.65. The Hall–Kier alpha value is -2.35. The van der Waals surface area contributed by atoms with Crippen molar-refractivity contribution >= 4 is 11.4 Å². The van der Waals surface area contributed by atoms with Gasteiger partial charge in [-0.3, -0.25) is 10.1 Å². The fourth-order valence-corrected chi connectivity index (χ4v) is 3.29. The molecule has 2 aliphatic rings. The summed E-state index contributed by atoms with van der Waals surface area (Å²) >= 11 is 0. The van der Waals surface area contributed by atoms with Crippen LogP contribution in [0.25, 0.3) is 0 Å². The van der Waals surface area contributed by atoms with Crippen molar-refractivity contribution in [1.82, 2.24) is 10.3 Å². The van der Waals surface area contributed by atoms with Gasteiger partial charge >= 0.3 is 5.69 Å². The number of nitrogens with zero attached hydrogens (tertiary/aromatic N) is 3. The number of benzene rings is 1. The lowest BCUT2D eigenvalue weighted by molar-refractivity contribution is -0.386. The first-order valence-electron chi connectivity index (χ1n) is 7.64. The first-order chi connectivity index (χ1) is 11.0. The largest absolute Gasteiger partial charge is 0.500 e. The third kappa shape index (κ3) is 2.70. The monoisotopic (exact) mass is 320 g/mol. The van der Waals surface area contributed by atoms with Crippen LogP contribution in [-0.2, 0) is 0 Å². The summed E-state index contributed by atoms with van der Waals surface area (Å²) in [6.07, 6.45) is 0.902. The van der Waals surface area contributed by atoms with Gasteiger partial charge in [0, 0.05) is 37.2 Å².